The van der Waals surface area contributed by atoms with Crippen molar-refractivity contribution >= 4 is 5.69 Å². The van der Waals surface area contributed by atoms with Gasteiger partial charge in [0.05, 0.1) is 4.92 Å². The zero-order valence-corrected chi connectivity index (χ0v) is 12.0. The van der Waals surface area contributed by atoms with Crippen LogP contribution in [0.5, 0.6) is 0 Å². The van der Waals surface area contributed by atoms with Crippen molar-refractivity contribution < 1.29 is 4.92 Å². The molecule has 1 fully saturated rings. The molecule has 20 heavy (non-hydrogen) atoms. The first-order chi connectivity index (χ1) is 9.61. The predicted octanol–water partition coefficient (Wildman–Crippen LogP) is 2.20. The molecule has 2 rings (SSSR count). The van der Waals surface area contributed by atoms with E-state index in [4.69, 9.17) is 5.73 Å². The Balaban J connectivity index is 1.99. The number of hydrogen-bond acceptors (Lipinski definition) is 4. The van der Waals surface area contributed by atoms with Crippen LogP contribution in [0.1, 0.15) is 25.3 Å². The fourth-order valence-corrected chi connectivity index (χ4v) is 2.93. The molecule has 0 spiro atoms. The summed E-state index contributed by atoms with van der Waals surface area (Å²) in [4.78, 5) is 13.1. The molecule has 0 radical (unpaired) electrons. The summed E-state index contributed by atoms with van der Waals surface area (Å²) in [7, 11) is 0. The van der Waals surface area contributed by atoms with Crippen LogP contribution in [0.3, 0.4) is 0 Å². The zero-order chi connectivity index (χ0) is 14.5. The second kappa shape index (κ2) is 6.81. The fraction of sp³-hybridized carbons (Fsp3) is 0.600. The van der Waals surface area contributed by atoms with Crippen molar-refractivity contribution in [1.29, 1.82) is 0 Å². The molecule has 2 unspecified atom stereocenters. The molecule has 1 aromatic rings. The first kappa shape index (κ1) is 14.9. The molecule has 1 aliphatic heterocycles. The lowest BCUT2D eigenvalue weighted by atomic mass is 9.93. The first-order valence-electron chi connectivity index (χ1n) is 7.28. The predicted molar refractivity (Wildman–Crippen MR) is 79.6 cm³/mol. The summed E-state index contributed by atoms with van der Waals surface area (Å²) >= 11 is 0. The van der Waals surface area contributed by atoms with E-state index in [0.717, 1.165) is 31.6 Å². The van der Waals surface area contributed by atoms with Crippen molar-refractivity contribution in [3.63, 3.8) is 0 Å². The molecule has 5 nitrogen and oxygen atoms in total. The molecular formula is C15H23N3O2. The Labute approximate surface area is 119 Å². The number of likely N-dealkylation sites (tertiary alicyclic amines) is 1. The first-order valence-corrected chi connectivity index (χ1v) is 7.28. The van der Waals surface area contributed by atoms with Gasteiger partial charge in [-0.3, -0.25) is 10.1 Å². The maximum Gasteiger partial charge on any atom is 0.272 e. The molecule has 110 valence electrons. The molecule has 0 aliphatic carbocycles. The van der Waals surface area contributed by atoms with Gasteiger partial charge in [-0.15, -0.1) is 0 Å². The normalized spacial score (nSPS) is 23.7. The third kappa shape index (κ3) is 3.55. The van der Waals surface area contributed by atoms with Gasteiger partial charge in [0, 0.05) is 30.8 Å². The van der Waals surface area contributed by atoms with Gasteiger partial charge in [-0.05, 0) is 38.6 Å². The number of piperidine rings is 1. The minimum absolute atomic E-state index is 0.229. The largest absolute Gasteiger partial charge is 0.330 e. The molecule has 5 heteroatoms. The Morgan fingerprint density at radius 2 is 2.15 bits per heavy atom. The van der Waals surface area contributed by atoms with Crippen LogP contribution in [0, 0.1) is 16.0 Å². The van der Waals surface area contributed by atoms with Gasteiger partial charge in [-0.1, -0.05) is 18.2 Å². The van der Waals surface area contributed by atoms with Gasteiger partial charge in [0.15, 0.2) is 0 Å². The Hall–Kier alpha value is -1.46. The van der Waals surface area contributed by atoms with Crippen molar-refractivity contribution in [2.45, 2.75) is 32.2 Å². The van der Waals surface area contributed by atoms with E-state index in [1.165, 1.54) is 12.8 Å². The van der Waals surface area contributed by atoms with Gasteiger partial charge in [0.1, 0.15) is 0 Å². The van der Waals surface area contributed by atoms with Crippen LogP contribution in [0.15, 0.2) is 24.3 Å². The van der Waals surface area contributed by atoms with E-state index in [0.29, 0.717) is 12.0 Å². The summed E-state index contributed by atoms with van der Waals surface area (Å²) < 4.78 is 0. The SMILES string of the molecule is CC1CCC(CN)CN1CCc1ccccc1[N+](=O)[O-]. The molecule has 1 saturated heterocycles. The number of nitrogens with zero attached hydrogens (tertiary/aromatic N) is 2. The number of nitro benzene ring substituents is 1. The highest BCUT2D eigenvalue weighted by Crippen LogP contribution is 2.23. The molecule has 1 aliphatic rings. The Bertz CT molecular complexity index is 464. The van der Waals surface area contributed by atoms with Gasteiger partial charge in [-0.2, -0.15) is 0 Å². The second-order valence-corrected chi connectivity index (χ2v) is 5.66. The van der Waals surface area contributed by atoms with E-state index in [9.17, 15) is 10.1 Å². The van der Waals surface area contributed by atoms with Gasteiger partial charge in [-0.25, -0.2) is 0 Å². The van der Waals surface area contributed by atoms with Crippen LogP contribution in [0.2, 0.25) is 0 Å². The highest BCUT2D eigenvalue weighted by molar-refractivity contribution is 5.39. The summed E-state index contributed by atoms with van der Waals surface area (Å²) in [6.45, 7) is 4.83. The lowest BCUT2D eigenvalue weighted by Gasteiger charge is -2.37. The molecule has 2 N–H and O–H groups in total. The van der Waals surface area contributed by atoms with Gasteiger partial charge >= 0.3 is 0 Å². The third-order valence-electron chi connectivity index (χ3n) is 4.30. The van der Waals surface area contributed by atoms with Gasteiger partial charge < -0.3 is 10.6 Å². The Kier molecular flexibility index (Phi) is 5.09. The van der Waals surface area contributed by atoms with E-state index in [2.05, 4.69) is 11.8 Å². The molecular weight excluding hydrogens is 254 g/mol. The topological polar surface area (TPSA) is 72.4 Å². The molecule has 0 amide bonds. The highest BCUT2D eigenvalue weighted by atomic mass is 16.6. The molecule has 1 heterocycles. The van der Waals surface area contributed by atoms with E-state index in [-0.39, 0.29) is 10.6 Å². The highest BCUT2D eigenvalue weighted by Gasteiger charge is 2.24. The summed E-state index contributed by atoms with van der Waals surface area (Å²) in [6.07, 6.45) is 3.08. The van der Waals surface area contributed by atoms with Crippen LogP contribution < -0.4 is 5.73 Å². The van der Waals surface area contributed by atoms with Crippen molar-refractivity contribution in [1.82, 2.24) is 4.90 Å². The summed E-state index contributed by atoms with van der Waals surface area (Å²) in [5.74, 6) is 0.567. The summed E-state index contributed by atoms with van der Waals surface area (Å²) in [5, 5.41) is 11.0. The minimum atomic E-state index is -0.294. The lowest BCUT2D eigenvalue weighted by Crippen LogP contribution is -2.44. The van der Waals surface area contributed by atoms with Crippen molar-refractivity contribution in [3.05, 3.63) is 39.9 Å². The maximum absolute atomic E-state index is 11.0. The molecule has 0 aromatic heterocycles. The summed E-state index contributed by atoms with van der Waals surface area (Å²) in [5.41, 5.74) is 6.81. The maximum atomic E-state index is 11.0. The fourth-order valence-electron chi connectivity index (χ4n) is 2.93. The quantitative estimate of drug-likeness (QED) is 0.661. The number of para-hydroxylation sites is 1. The van der Waals surface area contributed by atoms with E-state index < -0.39 is 0 Å². The minimum Gasteiger partial charge on any atom is -0.330 e. The zero-order valence-electron chi connectivity index (χ0n) is 12.0. The van der Waals surface area contributed by atoms with Gasteiger partial charge in [0.25, 0.3) is 5.69 Å². The van der Waals surface area contributed by atoms with Crippen LogP contribution in [-0.4, -0.2) is 35.5 Å². The Morgan fingerprint density at radius 1 is 1.40 bits per heavy atom. The van der Waals surface area contributed by atoms with Crippen molar-refractivity contribution in [3.8, 4) is 0 Å². The average Bonchev–Trinajstić information content (AvgIpc) is 2.46. The standard InChI is InChI=1S/C15H23N3O2/c1-12-6-7-13(10-16)11-17(12)9-8-14-4-2-3-5-15(14)18(19)20/h2-5,12-13H,6-11,16H2,1H3. The van der Waals surface area contributed by atoms with Crippen LogP contribution in [0.4, 0.5) is 5.69 Å². The lowest BCUT2D eigenvalue weighted by molar-refractivity contribution is -0.385. The smallest absolute Gasteiger partial charge is 0.272 e. The average molecular weight is 277 g/mol. The number of hydrogen-bond donors (Lipinski definition) is 1. The van der Waals surface area contributed by atoms with E-state index >= 15 is 0 Å². The van der Waals surface area contributed by atoms with Crippen molar-refractivity contribution in [2.24, 2.45) is 11.7 Å². The van der Waals surface area contributed by atoms with Crippen LogP contribution >= 0.6 is 0 Å². The van der Waals surface area contributed by atoms with Crippen LogP contribution in [0.25, 0.3) is 0 Å². The van der Waals surface area contributed by atoms with Crippen LogP contribution in [-0.2, 0) is 6.42 Å². The monoisotopic (exact) mass is 277 g/mol. The molecule has 0 saturated carbocycles. The molecule has 1 aromatic carbocycles. The van der Waals surface area contributed by atoms with Crippen molar-refractivity contribution in [2.75, 3.05) is 19.6 Å². The molecule has 0 bridgehead atoms. The van der Waals surface area contributed by atoms with E-state index in [1.807, 2.05) is 12.1 Å². The number of nitrogens with two attached hydrogens (primary N) is 1. The molecule has 2 atom stereocenters. The third-order valence-corrected chi connectivity index (χ3v) is 4.30. The van der Waals surface area contributed by atoms with Gasteiger partial charge in [0.2, 0.25) is 0 Å². The number of benzene rings is 1. The van der Waals surface area contributed by atoms with E-state index in [1.54, 1.807) is 12.1 Å². The Morgan fingerprint density at radius 3 is 2.85 bits per heavy atom. The number of nitro groups is 1. The second-order valence-electron chi connectivity index (χ2n) is 5.66. The summed E-state index contributed by atoms with van der Waals surface area (Å²) in [6, 6.07) is 7.56. The number of rotatable bonds is 5.